The number of likely N-dealkylation sites (tertiary alicyclic amines) is 1. The molecule has 0 atom stereocenters. The minimum atomic E-state index is -0.191. The quantitative estimate of drug-likeness (QED) is 0.697. The molecule has 1 saturated heterocycles. The summed E-state index contributed by atoms with van der Waals surface area (Å²) in [6.07, 6.45) is 2.96. The minimum Gasteiger partial charge on any atom is -0.370 e. The van der Waals surface area contributed by atoms with E-state index < -0.39 is 0 Å². The van der Waals surface area contributed by atoms with E-state index in [1.165, 1.54) is 12.8 Å². The largest absolute Gasteiger partial charge is 0.370 e. The van der Waals surface area contributed by atoms with Crippen LogP contribution in [0.5, 0.6) is 0 Å². The summed E-state index contributed by atoms with van der Waals surface area (Å²) in [6.45, 7) is 8.54. The van der Waals surface area contributed by atoms with E-state index >= 15 is 0 Å². The minimum absolute atomic E-state index is 0.191. The highest BCUT2D eigenvalue weighted by molar-refractivity contribution is 5.73. The number of nitrogens with one attached hydrogen (secondary N) is 1. The third-order valence-electron chi connectivity index (χ3n) is 3.20. The van der Waals surface area contributed by atoms with Crippen LogP contribution in [0.1, 0.15) is 33.1 Å². The zero-order valence-electron chi connectivity index (χ0n) is 10.5. The molecule has 4 nitrogen and oxygen atoms in total. The van der Waals surface area contributed by atoms with Gasteiger partial charge in [0.15, 0.2) is 0 Å². The van der Waals surface area contributed by atoms with Crippen molar-refractivity contribution < 1.29 is 4.79 Å². The molecule has 1 aliphatic heterocycles. The van der Waals surface area contributed by atoms with Crippen LogP contribution in [-0.4, -0.2) is 43.0 Å². The molecule has 0 aliphatic carbocycles. The lowest BCUT2D eigenvalue weighted by Gasteiger charge is -2.32. The summed E-state index contributed by atoms with van der Waals surface area (Å²) in [4.78, 5) is 13.0. The van der Waals surface area contributed by atoms with Crippen molar-refractivity contribution >= 4 is 5.91 Å². The van der Waals surface area contributed by atoms with Crippen LogP contribution in [0.2, 0.25) is 0 Å². The molecule has 0 bridgehead atoms. The molecule has 0 radical (unpaired) electrons. The van der Waals surface area contributed by atoms with Gasteiger partial charge in [-0.05, 0) is 38.4 Å². The molecule has 1 aliphatic rings. The van der Waals surface area contributed by atoms with E-state index in [1.54, 1.807) is 0 Å². The van der Waals surface area contributed by atoms with Crippen LogP contribution >= 0.6 is 0 Å². The van der Waals surface area contributed by atoms with Crippen LogP contribution in [0.25, 0.3) is 0 Å². The summed E-state index contributed by atoms with van der Waals surface area (Å²) in [6, 6.07) is 0.577. The number of carbonyl (C=O) groups is 1. The van der Waals surface area contributed by atoms with Crippen molar-refractivity contribution in [2.75, 3.05) is 26.2 Å². The summed E-state index contributed by atoms with van der Waals surface area (Å²) in [5.41, 5.74) is 5.14. The summed E-state index contributed by atoms with van der Waals surface area (Å²) >= 11 is 0. The molecular weight excluding hydrogens is 202 g/mol. The Morgan fingerprint density at radius 2 is 2.06 bits per heavy atom. The number of piperidine rings is 1. The molecule has 1 rings (SSSR count). The number of nitrogens with two attached hydrogens (primary N) is 1. The average Bonchev–Trinajstić information content (AvgIpc) is 2.25. The zero-order chi connectivity index (χ0) is 12.0. The normalized spacial score (nSPS) is 19.2. The predicted octanol–water partition coefficient (Wildman–Crippen LogP) is 0.572. The van der Waals surface area contributed by atoms with Crippen LogP contribution < -0.4 is 11.1 Å². The van der Waals surface area contributed by atoms with E-state index in [2.05, 4.69) is 24.1 Å². The third-order valence-corrected chi connectivity index (χ3v) is 3.20. The Balaban J connectivity index is 2.11. The van der Waals surface area contributed by atoms with Crippen LogP contribution in [0.3, 0.4) is 0 Å². The van der Waals surface area contributed by atoms with E-state index in [9.17, 15) is 4.79 Å². The van der Waals surface area contributed by atoms with Gasteiger partial charge >= 0.3 is 0 Å². The second-order valence-electron chi connectivity index (χ2n) is 5.06. The lowest BCUT2D eigenvalue weighted by atomic mass is 9.96. The smallest absolute Gasteiger partial charge is 0.218 e. The fourth-order valence-corrected chi connectivity index (χ4v) is 2.08. The van der Waals surface area contributed by atoms with E-state index in [1.807, 2.05) is 0 Å². The van der Waals surface area contributed by atoms with Crippen LogP contribution in [0.15, 0.2) is 0 Å². The summed E-state index contributed by atoms with van der Waals surface area (Å²) in [7, 11) is 0. The number of amides is 1. The zero-order valence-corrected chi connectivity index (χ0v) is 10.5. The molecule has 3 N–H and O–H groups in total. The van der Waals surface area contributed by atoms with Crippen molar-refractivity contribution in [3.8, 4) is 0 Å². The van der Waals surface area contributed by atoms with Crippen molar-refractivity contribution in [2.45, 2.75) is 39.2 Å². The Bertz CT molecular complexity index is 210. The molecule has 94 valence electrons. The molecule has 16 heavy (non-hydrogen) atoms. The Morgan fingerprint density at radius 3 is 2.56 bits per heavy atom. The second-order valence-corrected chi connectivity index (χ2v) is 5.06. The monoisotopic (exact) mass is 227 g/mol. The first-order chi connectivity index (χ1) is 7.58. The highest BCUT2D eigenvalue weighted by Gasteiger charge is 2.18. The third kappa shape index (κ3) is 5.47. The van der Waals surface area contributed by atoms with Gasteiger partial charge in [-0.15, -0.1) is 0 Å². The van der Waals surface area contributed by atoms with Crippen LogP contribution in [0.4, 0.5) is 0 Å². The molecule has 1 heterocycles. The molecular formula is C12H25N3O. The molecule has 1 fully saturated rings. The van der Waals surface area contributed by atoms with Crippen molar-refractivity contribution in [1.82, 2.24) is 10.2 Å². The highest BCUT2D eigenvalue weighted by Crippen LogP contribution is 2.16. The first-order valence-corrected chi connectivity index (χ1v) is 6.32. The van der Waals surface area contributed by atoms with E-state index in [0.29, 0.717) is 12.5 Å². The number of hydrogen-bond acceptors (Lipinski definition) is 3. The van der Waals surface area contributed by atoms with Gasteiger partial charge in [0.05, 0.1) is 0 Å². The fourth-order valence-electron chi connectivity index (χ4n) is 2.08. The lowest BCUT2D eigenvalue weighted by molar-refractivity contribution is -0.118. The summed E-state index contributed by atoms with van der Waals surface area (Å²) < 4.78 is 0. The maximum absolute atomic E-state index is 10.7. The number of carbonyl (C=O) groups excluding carboxylic acids is 1. The van der Waals surface area contributed by atoms with Gasteiger partial charge in [0.25, 0.3) is 0 Å². The SMILES string of the molecule is CC(C)NCC1CCN(CCC(N)=O)CC1. The lowest BCUT2D eigenvalue weighted by Crippen LogP contribution is -2.39. The van der Waals surface area contributed by atoms with Crippen molar-refractivity contribution in [2.24, 2.45) is 11.7 Å². The van der Waals surface area contributed by atoms with Gasteiger partial charge in [0.1, 0.15) is 0 Å². The molecule has 4 heteroatoms. The van der Waals surface area contributed by atoms with E-state index in [4.69, 9.17) is 5.73 Å². The van der Waals surface area contributed by atoms with Gasteiger partial charge in [0.2, 0.25) is 5.91 Å². The number of hydrogen-bond donors (Lipinski definition) is 2. The predicted molar refractivity (Wildman–Crippen MR) is 66.1 cm³/mol. The van der Waals surface area contributed by atoms with Gasteiger partial charge in [-0.1, -0.05) is 13.8 Å². The number of nitrogens with zero attached hydrogens (tertiary/aromatic N) is 1. The topological polar surface area (TPSA) is 58.4 Å². The Hall–Kier alpha value is -0.610. The van der Waals surface area contributed by atoms with E-state index in [-0.39, 0.29) is 5.91 Å². The van der Waals surface area contributed by atoms with Crippen molar-refractivity contribution in [3.63, 3.8) is 0 Å². The van der Waals surface area contributed by atoms with Crippen LogP contribution in [-0.2, 0) is 4.79 Å². The van der Waals surface area contributed by atoms with Gasteiger partial charge < -0.3 is 16.0 Å². The maximum atomic E-state index is 10.7. The first-order valence-electron chi connectivity index (χ1n) is 6.32. The van der Waals surface area contributed by atoms with Crippen molar-refractivity contribution in [1.29, 1.82) is 0 Å². The molecule has 1 amide bonds. The van der Waals surface area contributed by atoms with Gasteiger partial charge in [0, 0.05) is 19.0 Å². The molecule has 0 aromatic carbocycles. The fraction of sp³-hybridized carbons (Fsp3) is 0.917. The summed E-state index contributed by atoms with van der Waals surface area (Å²) in [5.74, 6) is 0.607. The molecule has 0 saturated carbocycles. The van der Waals surface area contributed by atoms with Gasteiger partial charge in [-0.3, -0.25) is 4.79 Å². The van der Waals surface area contributed by atoms with Crippen LogP contribution in [0, 0.1) is 5.92 Å². The highest BCUT2D eigenvalue weighted by atomic mass is 16.1. The molecule has 0 spiro atoms. The molecule has 0 aromatic heterocycles. The van der Waals surface area contributed by atoms with Crippen molar-refractivity contribution in [3.05, 3.63) is 0 Å². The first kappa shape index (κ1) is 13.5. The number of primary amides is 1. The second kappa shape index (κ2) is 6.86. The van der Waals surface area contributed by atoms with Gasteiger partial charge in [-0.2, -0.15) is 0 Å². The Kier molecular flexibility index (Phi) is 5.77. The molecule has 0 unspecified atom stereocenters. The van der Waals surface area contributed by atoms with Gasteiger partial charge in [-0.25, -0.2) is 0 Å². The average molecular weight is 227 g/mol. The summed E-state index contributed by atoms with van der Waals surface area (Å²) in [5, 5.41) is 3.49. The number of rotatable bonds is 6. The standard InChI is InChI=1S/C12H25N3O/c1-10(2)14-9-11-3-6-15(7-4-11)8-5-12(13)16/h10-11,14H,3-9H2,1-2H3,(H2,13,16). The maximum Gasteiger partial charge on any atom is 0.218 e. The Labute approximate surface area is 98.6 Å². The molecule has 0 aromatic rings. The Morgan fingerprint density at radius 1 is 1.44 bits per heavy atom. The van der Waals surface area contributed by atoms with E-state index in [0.717, 1.165) is 32.1 Å².